The van der Waals surface area contributed by atoms with Crippen molar-refractivity contribution in [1.29, 1.82) is 0 Å². The Labute approximate surface area is 135 Å². The molecule has 0 N–H and O–H groups in total. The Bertz CT molecular complexity index is 607. The summed E-state index contributed by atoms with van der Waals surface area (Å²) < 4.78 is 10.9. The van der Waals surface area contributed by atoms with Gasteiger partial charge in [0.25, 0.3) is 0 Å². The van der Waals surface area contributed by atoms with Crippen molar-refractivity contribution in [2.45, 2.75) is 25.3 Å². The van der Waals surface area contributed by atoms with E-state index < -0.39 is 0 Å². The third kappa shape index (κ3) is 4.84. The van der Waals surface area contributed by atoms with Crippen molar-refractivity contribution in [2.24, 2.45) is 0 Å². The molecule has 0 spiro atoms. The molecule has 0 bridgehead atoms. The normalized spacial score (nSPS) is 10.5. The molecule has 1 aromatic carbocycles. The summed E-state index contributed by atoms with van der Waals surface area (Å²) in [5.74, 6) is 3.00. The van der Waals surface area contributed by atoms with Gasteiger partial charge < -0.3 is 14.1 Å². The lowest BCUT2D eigenvalue weighted by atomic mass is 10.3. The van der Waals surface area contributed by atoms with Crippen LogP contribution in [0.5, 0.6) is 5.75 Å². The van der Waals surface area contributed by atoms with E-state index >= 15 is 0 Å². The molecule has 0 saturated heterocycles. The molecule has 2 rings (SSSR count). The molecule has 2 aromatic rings. The molecule has 5 heteroatoms. The number of hydrogen-bond acceptors (Lipinski definition) is 4. The largest absolute Gasteiger partial charge is 0.494 e. The Morgan fingerprint density at radius 3 is 2.55 bits per heavy atom. The highest BCUT2D eigenvalue weighted by molar-refractivity contribution is 8.00. The second-order valence-electron chi connectivity index (χ2n) is 4.96. The monoisotopic (exact) mass is 319 g/mol. The van der Waals surface area contributed by atoms with Crippen molar-refractivity contribution in [2.75, 3.05) is 19.4 Å². The van der Waals surface area contributed by atoms with E-state index in [1.54, 1.807) is 11.9 Å². The predicted octanol–water partition coefficient (Wildman–Crippen LogP) is 3.74. The Morgan fingerprint density at radius 1 is 1.23 bits per heavy atom. The van der Waals surface area contributed by atoms with Crippen LogP contribution < -0.4 is 4.74 Å². The van der Waals surface area contributed by atoms with Crippen LogP contribution in [0.1, 0.15) is 18.4 Å². The minimum atomic E-state index is 0.0768. The predicted molar refractivity (Wildman–Crippen MR) is 88.3 cm³/mol. The number of carbonyl (C=O) groups is 1. The molecule has 0 unspecified atom stereocenters. The fourth-order valence-corrected chi connectivity index (χ4v) is 2.79. The van der Waals surface area contributed by atoms with E-state index in [0.29, 0.717) is 18.9 Å². The number of aryl methyl sites for hydroxylation is 1. The third-order valence-electron chi connectivity index (χ3n) is 3.11. The zero-order chi connectivity index (χ0) is 15.9. The van der Waals surface area contributed by atoms with Crippen molar-refractivity contribution >= 4 is 17.7 Å². The van der Waals surface area contributed by atoms with Crippen LogP contribution in [0.3, 0.4) is 0 Å². The van der Waals surface area contributed by atoms with Gasteiger partial charge in [-0.15, -0.1) is 11.8 Å². The van der Waals surface area contributed by atoms with Gasteiger partial charge in [-0.2, -0.15) is 0 Å². The van der Waals surface area contributed by atoms with Crippen LogP contribution in [0, 0.1) is 6.92 Å². The zero-order valence-electron chi connectivity index (χ0n) is 13.2. The van der Waals surface area contributed by atoms with Gasteiger partial charge >= 0.3 is 0 Å². The van der Waals surface area contributed by atoms with Crippen LogP contribution in [0.25, 0.3) is 0 Å². The second-order valence-corrected chi connectivity index (χ2v) is 6.00. The Morgan fingerprint density at radius 2 is 1.95 bits per heavy atom. The number of benzene rings is 1. The molecular formula is C17H21NO3S. The molecule has 22 heavy (non-hydrogen) atoms. The maximum absolute atomic E-state index is 12.1. The first-order chi connectivity index (χ1) is 10.6. The van der Waals surface area contributed by atoms with Crippen LogP contribution in [0.2, 0.25) is 0 Å². The van der Waals surface area contributed by atoms with Gasteiger partial charge in [-0.25, -0.2) is 0 Å². The van der Waals surface area contributed by atoms with E-state index in [9.17, 15) is 4.79 Å². The number of furan rings is 1. The molecule has 118 valence electrons. The van der Waals surface area contributed by atoms with E-state index in [4.69, 9.17) is 9.15 Å². The van der Waals surface area contributed by atoms with Crippen molar-refractivity contribution in [3.05, 3.63) is 47.9 Å². The van der Waals surface area contributed by atoms with Crippen LogP contribution in [-0.2, 0) is 11.3 Å². The van der Waals surface area contributed by atoms with Gasteiger partial charge in [0, 0.05) is 11.9 Å². The van der Waals surface area contributed by atoms with Crippen molar-refractivity contribution in [3.63, 3.8) is 0 Å². The smallest absolute Gasteiger partial charge is 0.233 e. The van der Waals surface area contributed by atoms with E-state index in [-0.39, 0.29) is 5.91 Å². The van der Waals surface area contributed by atoms with Crippen LogP contribution in [0.15, 0.2) is 45.7 Å². The Balaban J connectivity index is 1.81. The zero-order valence-corrected chi connectivity index (χ0v) is 14.0. The highest BCUT2D eigenvalue weighted by atomic mass is 32.2. The van der Waals surface area contributed by atoms with E-state index in [1.165, 1.54) is 11.8 Å². The van der Waals surface area contributed by atoms with Crippen molar-refractivity contribution in [1.82, 2.24) is 4.90 Å². The third-order valence-corrected chi connectivity index (χ3v) is 4.11. The molecule has 0 atom stereocenters. The average Bonchev–Trinajstić information content (AvgIpc) is 2.91. The summed E-state index contributed by atoms with van der Waals surface area (Å²) in [7, 11) is 1.79. The summed E-state index contributed by atoms with van der Waals surface area (Å²) in [6.45, 7) is 5.00. The maximum Gasteiger partial charge on any atom is 0.233 e. The molecule has 0 aliphatic carbocycles. The number of amides is 1. The molecule has 0 saturated carbocycles. The number of hydrogen-bond donors (Lipinski definition) is 0. The van der Waals surface area contributed by atoms with Gasteiger partial charge in [0.2, 0.25) is 5.91 Å². The van der Waals surface area contributed by atoms with Crippen molar-refractivity contribution < 1.29 is 13.9 Å². The molecule has 0 fully saturated rings. The summed E-state index contributed by atoms with van der Waals surface area (Å²) in [4.78, 5) is 14.9. The fourth-order valence-electron chi connectivity index (χ4n) is 1.95. The molecular weight excluding hydrogens is 298 g/mol. The Kier molecular flexibility index (Phi) is 5.95. The van der Waals surface area contributed by atoms with Gasteiger partial charge in [-0.05, 0) is 50.2 Å². The minimum Gasteiger partial charge on any atom is -0.494 e. The topological polar surface area (TPSA) is 42.7 Å². The first kappa shape index (κ1) is 16.5. The van der Waals surface area contributed by atoms with Gasteiger partial charge in [-0.3, -0.25) is 4.79 Å². The van der Waals surface area contributed by atoms with Crippen molar-refractivity contribution in [3.8, 4) is 5.75 Å². The number of rotatable bonds is 7. The lowest BCUT2D eigenvalue weighted by molar-refractivity contribution is -0.127. The number of nitrogens with zero attached hydrogens (tertiary/aromatic N) is 1. The lowest BCUT2D eigenvalue weighted by Gasteiger charge is -2.15. The number of ether oxygens (including phenoxy) is 1. The second kappa shape index (κ2) is 7.94. The minimum absolute atomic E-state index is 0.0768. The highest BCUT2D eigenvalue weighted by Gasteiger charge is 2.11. The molecule has 0 aliphatic heterocycles. The standard InChI is InChI=1S/C17H21NO3S/c1-4-20-14-7-9-16(10-8-14)22-12-17(19)18(3)11-15-6-5-13(2)21-15/h5-10H,4,11-12H2,1-3H3. The summed E-state index contributed by atoms with van der Waals surface area (Å²) >= 11 is 1.52. The van der Waals surface area contributed by atoms with Gasteiger partial charge in [0.1, 0.15) is 17.3 Å². The SMILES string of the molecule is CCOc1ccc(SCC(=O)N(C)Cc2ccc(C)o2)cc1. The van der Waals surface area contributed by atoms with E-state index in [1.807, 2.05) is 50.2 Å². The Hall–Kier alpha value is -1.88. The van der Waals surface area contributed by atoms with Crippen LogP contribution >= 0.6 is 11.8 Å². The van der Waals surface area contributed by atoms with E-state index in [0.717, 1.165) is 22.2 Å². The first-order valence-electron chi connectivity index (χ1n) is 7.23. The highest BCUT2D eigenvalue weighted by Crippen LogP contribution is 2.22. The molecule has 1 amide bonds. The summed E-state index contributed by atoms with van der Waals surface area (Å²) in [5.41, 5.74) is 0. The molecule has 0 aliphatic rings. The van der Waals surface area contributed by atoms with Crippen LogP contribution in [-0.4, -0.2) is 30.2 Å². The quantitative estimate of drug-likeness (QED) is 0.729. The fraction of sp³-hybridized carbons (Fsp3) is 0.353. The summed E-state index contributed by atoms with van der Waals surface area (Å²) in [5, 5.41) is 0. The van der Waals surface area contributed by atoms with Gasteiger partial charge in [-0.1, -0.05) is 0 Å². The number of thioether (sulfide) groups is 1. The average molecular weight is 319 g/mol. The lowest BCUT2D eigenvalue weighted by Crippen LogP contribution is -2.27. The summed E-state index contributed by atoms with van der Waals surface area (Å²) in [6.07, 6.45) is 0. The maximum atomic E-state index is 12.1. The molecule has 4 nitrogen and oxygen atoms in total. The van der Waals surface area contributed by atoms with Gasteiger partial charge in [0.05, 0.1) is 18.9 Å². The first-order valence-corrected chi connectivity index (χ1v) is 8.22. The van der Waals surface area contributed by atoms with E-state index in [2.05, 4.69) is 0 Å². The molecule has 1 aromatic heterocycles. The molecule has 1 heterocycles. The van der Waals surface area contributed by atoms with Crippen LogP contribution in [0.4, 0.5) is 0 Å². The van der Waals surface area contributed by atoms with Gasteiger partial charge in [0.15, 0.2) is 0 Å². The summed E-state index contributed by atoms with van der Waals surface area (Å²) in [6, 6.07) is 11.6. The number of carbonyl (C=O) groups excluding carboxylic acids is 1. The molecule has 0 radical (unpaired) electrons.